The van der Waals surface area contributed by atoms with E-state index in [-0.39, 0.29) is 44.4 Å². The zero-order chi connectivity index (χ0) is 29.3. The first-order valence-electron chi connectivity index (χ1n) is 12.3. The molecule has 8 nitrogen and oxygen atoms in total. The molecular formula is C27H19ClF4N8. The third-order valence-corrected chi connectivity index (χ3v) is 6.24. The van der Waals surface area contributed by atoms with E-state index in [0.717, 1.165) is 12.3 Å². The van der Waals surface area contributed by atoms with Gasteiger partial charge in [0, 0.05) is 23.3 Å². The van der Waals surface area contributed by atoms with Crippen molar-refractivity contribution < 1.29 is 18.9 Å². The summed E-state index contributed by atoms with van der Waals surface area (Å²) in [5, 5.41) is 24.1. The third kappa shape index (κ3) is 5.37. The van der Waals surface area contributed by atoms with Crippen LogP contribution in [0.3, 0.4) is 0 Å². The fourth-order valence-corrected chi connectivity index (χ4v) is 4.18. The monoisotopic (exact) mass is 567 g/mol. The van der Waals surface area contributed by atoms with Crippen LogP contribution in [0, 0.1) is 28.9 Å². The van der Waals surface area contributed by atoms with Crippen LogP contribution in [-0.4, -0.2) is 31.6 Å². The Morgan fingerprint density at radius 3 is 2.58 bits per heavy atom. The molecule has 13 heteroatoms. The summed E-state index contributed by atoms with van der Waals surface area (Å²) in [6.07, 6.45) is 3.74. The Morgan fingerprint density at radius 1 is 1.10 bits per heavy atom. The topological polar surface area (TPSA) is 104 Å². The average molecular weight is 568 g/mol. The molecule has 5 aromatic rings. The number of hydrogen-bond donors (Lipinski definition) is 2. The maximum absolute atomic E-state index is 13.9. The van der Waals surface area contributed by atoms with E-state index in [1.54, 1.807) is 13.0 Å². The number of rotatable bonds is 8. The molecule has 0 amide bonds. The van der Waals surface area contributed by atoms with Crippen molar-refractivity contribution in [3.05, 3.63) is 100 Å². The molecule has 2 aromatic carbocycles. The summed E-state index contributed by atoms with van der Waals surface area (Å²) in [5.74, 6) is -2.99. The molecule has 0 aliphatic rings. The van der Waals surface area contributed by atoms with Crippen molar-refractivity contribution in [3.63, 3.8) is 0 Å². The van der Waals surface area contributed by atoms with E-state index in [0.29, 0.717) is 5.39 Å². The highest BCUT2D eigenvalue weighted by molar-refractivity contribution is 6.36. The Bertz CT molecular complexity index is 1790. The molecule has 2 unspecified atom stereocenters. The number of nitrogens with one attached hydrogen (secondary N) is 2. The molecule has 0 saturated carbocycles. The smallest absolute Gasteiger partial charge is 0.249 e. The van der Waals surface area contributed by atoms with Crippen LogP contribution in [0.15, 0.2) is 61.1 Å². The van der Waals surface area contributed by atoms with E-state index in [4.69, 9.17) is 11.6 Å². The first kappa shape index (κ1) is 25.5. The van der Waals surface area contributed by atoms with Gasteiger partial charge >= 0.3 is 0 Å². The third-order valence-electron chi connectivity index (χ3n) is 5.95. The standard InChI is InChI=1S/C27H19ClF4N8/c1-14(9-29)40-13-23(38-39-40)25(15-2-4-17(30)5-3-15)36-18-6-20-24(37-19-8-22(31)27(32)35-12-19)16(10-33)11-34-26(20)21(28)7-18/h2-8,11-14,25,36H,9H2,1H3,(H,34,37)/i25D. The van der Waals surface area contributed by atoms with Crippen LogP contribution in [0.2, 0.25) is 5.02 Å². The van der Waals surface area contributed by atoms with E-state index >= 15 is 0 Å². The van der Waals surface area contributed by atoms with Crippen LogP contribution in [0.5, 0.6) is 0 Å². The highest BCUT2D eigenvalue weighted by atomic mass is 35.5. The van der Waals surface area contributed by atoms with Gasteiger partial charge in [0.05, 0.1) is 53.3 Å². The van der Waals surface area contributed by atoms with Gasteiger partial charge < -0.3 is 10.6 Å². The maximum atomic E-state index is 13.9. The Hall–Kier alpha value is -4.76. The first-order valence-corrected chi connectivity index (χ1v) is 12.1. The lowest BCUT2D eigenvalue weighted by Gasteiger charge is -2.20. The van der Waals surface area contributed by atoms with E-state index in [1.165, 1.54) is 47.4 Å². The zero-order valence-corrected chi connectivity index (χ0v) is 21.4. The number of fused-ring (bicyclic) bond motifs is 1. The molecule has 40 heavy (non-hydrogen) atoms. The number of halogens is 5. The number of nitrogens with zero attached hydrogens (tertiary/aromatic N) is 6. The summed E-state index contributed by atoms with van der Waals surface area (Å²) in [7, 11) is 0. The normalized spacial score (nSPS) is 13.8. The number of hydrogen-bond acceptors (Lipinski definition) is 7. The van der Waals surface area contributed by atoms with Crippen LogP contribution in [0.1, 0.15) is 37.2 Å². The van der Waals surface area contributed by atoms with E-state index in [1.807, 2.05) is 6.07 Å². The van der Waals surface area contributed by atoms with Crippen LogP contribution in [0.4, 0.5) is 34.6 Å². The van der Waals surface area contributed by atoms with Crippen LogP contribution < -0.4 is 10.6 Å². The van der Waals surface area contributed by atoms with Gasteiger partial charge in [-0.2, -0.15) is 9.65 Å². The highest BCUT2D eigenvalue weighted by Gasteiger charge is 2.21. The van der Waals surface area contributed by atoms with Crippen molar-refractivity contribution in [2.45, 2.75) is 19.0 Å². The largest absolute Gasteiger partial charge is 0.373 e. The molecule has 0 saturated heterocycles. The van der Waals surface area contributed by atoms with Gasteiger partial charge in [-0.05, 0) is 36.8 Å². The lowest BCUT2D eigenvalue weighted by Crippen LogP contribution is -2.13. The predicted octanol–water partition coefficient (Wildman–Crippen LogP) is 6.64. The van der Waals surface area contributed by atoms with Crippen LogP contribution in [0.25, 0.3) is 10.9 Å². The lowest BCUT2D eigenvalue weighted by molar-refractivity contribution is 0.351. The molecule has 0 spiro atoms. The van der Waals surface area contributed by atoms with Crippen LogP contribution >= 0.6 is 11.6 Å². The van der Waals surface area contributed by atoms with Gasteiger partial charge in [-0.1, -0.05) is 28.9 Å². The van der Waals surface area contributed by atoms with Gasteiger partial charge in [-0.25, -0.2) is 22.8 Å². The van der Waals surface area contributed by atoms with Gasteiger partial charge in [-0.3, -0.25) is 4.98 Å². The van der Waals surface area contributed by atoms with Crippen LogP contribution in [-0.2, 0) is 0 Å². The molecule has 2 atom stereocenters. The number of aromatic nitrogens is 5. The minimum absolute atomic E-state index is 0.0575. The van der Waals surface area contributed by atoms with Crippen molar-refractivity contribution in [1.29, 1.82) is 5.26 Å². The molecule has 2 N–H and O–H groups in total. The van der Waals surface area contributed by atoms with E-state index < -0.39 is 36.3 Å². The molecule has 202 valence electrons. The number of nitriles is 1. The van der Waals surface area contributed by atoms with Gasteiger partial charge in [0.2, 0.25) is 5.95 Å². The van der Waals surface area contributed by atoms with Crippen molar-refractivity contribution >= 4 is 39.6 Å². The fraction of sp³-hybridized carbons (Fsp3) is 0.148. The molecule has 0 bridgehead atoms. The second-order valence-corrected chi connectivity index (χ2v) is 9.14. The Kier molecular flexibility index (Phi) is 7.11. The molecular weight excluding hydrogens is 548 g/mol. The van der Waals surface area contributed by atoms with Crippen molar-refractivity contribution in [1.82, 2.24) is 25.0 Å². The van der Waals surface area contributed by atoms with E-state index in [2.05, 4.69) is 30.9 Å². The molecule has 3 aromatic heterocycles. The Balaban J connectivity index is 1.65. The molecule has 5 rings (SSSR count). The van der Waals surface area contributed by atoms with Crippen molar-refractivity contribution in [2.24, 2.45) is 0 Å². The van der Waals surface area contributed by atoms with E-state index in [9.17, 15) is 24.2 Å². The average Bonchev–Trinajstić information content (AvgIpc) is 3.46. The highest BCUT2D eigenvalue weighted by Crippen LogP contribution is 2.36. The number of anilines is 3. The van der Waals surface area contributed by atoms with Gasteiger partial charge in [0.1, 0.15) is 24.3 Å². The Labute approximate surface area is 231 Å². The first-order chi connectivity index (χ1) is 19.6. The summed E-state index contributed by atoms with van der Waals surface area (Å²) in [4.78, 5) is 7.62. The number of alkyl halides is 1. The summed E-state index contributed by atoms with van der Waals surface area (Å²) < 4.78 is 65.0. The number of pyridine rings is 2. The molecule has 0 aliphatic carbocycles. The molecule has 0 aliphatic heterocycles. The molecule has 0 fully saturated rings. The van der Waals surface area contributed by atoms with Gasteiger partial charge in [0.25, 0.3) is 0 Å². The predicted molar refractivity (Wildman–Crippen MR) is 141 cm³/mol. The zero-order valence-electron chi connectivity index (χ0n) is 21.6. The molecule has 3 heterocycles. The van der Waals surface area contributed by atoms with Crippen molar-refractivity contribution in [2.75, 3.05) is 17.3 Å². The summed E-state index contributed by atoms with van der Waals surface area (Å²) in [6.45, 7) is 0.880. The quantitative estimate of drug-likeness (QED) is 0.160. The maximum Gasteiger partial charge on any atom is 0.249 e. The molecule has 0 radical (unpaired) electrons. The van der Waals surface area contributed by atoms with Gasteiger partial charge in [-0.15, -0.1) is 5.10 Å². The second-order valence-electron chi connectivity index (χ2n) is 8.73. The minimum Gasteiger partial charge on any atom is -0.373 e. The fourth-order valence-electron chi connectivity index (χ4n) is 3.91. The second kappa shape index (κ2) is 11.2. The van der Waals surface area contributed by atoms with Crippen molar-refractivity contribution in [3.8, 4) is 6.07 Å². The number of benzene rings is 2. The summed E-state index contributed by atoms with van der Waals surface area (Å²) in [6, 6.07) is 8.57. The lowest BCUT2D eigenvalue weighted by atomic mass is 10.0. The summed E-state index contributed by atoms with van der Waals surface area (Å²) >= 11 is 6.57. The Morgan fingerprint density at radius 2 is 1.88 bits per heavy atom. The van der Waals surface area contributed by atoms with Gasteiger partial charge in [0.15, 0.2) is 5.82 Å². The summed E-state index contributed by atoms with van der Waals surface area (Å²) in [5.41, 5.74) is 1.20. The minimum atomic E-state index is -1.86. The SMILES string of the molecule is [2H]C(Nc1cc(Cl)c2ncc(C#N)c(Nc3cnc(F)c(F)c3)c2c1)(c1ccc(F)cc1)c1cn(C(C)CF)nn1.